The largest absolute Gasteiger partial charge is 0.463 e. The summed E-state index contributed by atoms with van der Waals surface area (Å²) in [6.45, 7) is 1.23. The quantitative estimate of drug-likeness (QED) is 0.864. The van der Waals surface area contributed by atoms with E-state index in [2.05, 4.69) is 20.9 Å². The Hall–Kier alpha value is -1.40. The highest BCUT2D eigenvalue weighted by Gasteiger charge is 2.33. The highest BCUT2D eigenvalue weighted by Crippen LogP contribution is 2.22. The van der Waals surface area contributed by atoms with Gasteiger partial charge in [0.1, 0.15) is 6.10 Å². The lowest BCUT2D eigenvalue weighted by molar-refractivity contribution is 0.0177. The van der Waals surface area contributed by atoms with Crippen LogP contribution < -0.4 is 4.74 Å². The zero-order chi connectivity index (χ0) is 13.2. The summed E-state index contributed by atoms with van der Waals surface area (Å²) in [7, 11) is 0. The Morgan fingerprint density at radius 2 is 2.32 bits per heavy atom. The molecular formula is C13H11BrN2O2S. The highest BCUT2D eigenvalue weighted by atomic mass is 79.9. The summed E-state index contributed by atoms with van der Waals surface area (Å²) >= 11 is 4.83. The lowest BCUT2D eigenvalue weighted by atomic mass is 10.1. The van der Waals surface area contributed by atoms with Crippen molar-refractivity contribution in [2.45, 2.75) is 6.10 Å². The van der Waals surface area contributed by atoms with E-state index in [-0.39, 0.29) is 12.0 Å². The molecular weight excluding hydrogens is 328 g/mol. The van der Waals surface area contributed by atoms with Crippen molar-refractivity contribution in [2.24, 2.45) is 0 Å². The van der Waals surface area contributed by atoms with E-state index in [4.69, 9.17) is 4.74 Å². The van der Waals surface area contributed by atoms with E-state index in [1.165, 1.54) is 11.3 Å². The predicted molar refractivity (Wildman–Crippen MR) is 76.6 cm³/mol. The topological polar surface area (TPSA) is 42.4 Å². The first-order valence-corrected chi connectivity index (χ1v) is 7.50. The minimum Gasteiger partial charge on any atom is -0.463 e. The van der Waals surface area contributed by atoms with Crippen molar-refractivity contribution >= 4 is 33.2 Å². The number of hydrogen-bond acceptors (Lipinski definition) is 4. The standard InChI is InChI=1S/C13H11BrN2O2S/c14-10-3-1-2-9(6-10)12(17)16-7-11(8-16)18-13-15-4-5-19-13/h1-6,11H,7-8H2. The van der Waals surface area contributed by atoms with Crippen molar-refractivity contribution in [2.75, 3.05) is 13.1 Å². The zero-order valence-corrected chi connectivity index (χ0v) is 12.4. The number of carbonyl (C=O) groups is 1. The average Bonchev–Trinajstić information content (AvgIpc) is 2.85. The molecule has 2 aromatic rings. The zero-order valence-electron chi connectivity index (χ0n) is 9.95. The van der Waals surface area contributed by atoms with Crippen LogP contribution in [0, 0.1) is 0 Å². The van der Waals surface area contributed by atoms with Crippen LogP contribution in [0.1, 0.15) is 10.4 Å². The molecule has 0 atom stereocenters. The van der Waals surface area contributed by atoms with Gasteiger partial charge in [0.15, 0.2) is 0 Å². The summed E-state index contributed by atoms with van der Waals surface area (Å²) in [6, 6.07) is 7.42. The molecule has 98 valence electrons. The van der Waals surface area contributed by atoms with Crippen LogP contribution in [0.5, 0.6) is 5.19 Å². The summed E-state index contributed by atoms with van der Waals surface area (Å²) in [5.41, 5.74) is 0.696. The van der Waals surface area contributed by atoms with Crippen LogP contribution in [-0.4, -0.2) is 35.0 Å². The van der Waals surface area contributed by atoms with Crippen molar-refractivity contribution < 1.29 is 9.53 Å². The minimum atomic E-state index is 0.0419. The van der Waals surface area contributed by atoms with Gasteiger partial charge in [-0.2, -0.15) is 0 Å². The van der Waals surface area contributed by atoms with E-state index in [0.717, 1.165) is 4.47 Å². The molecule has 1 amide bonds. The highest BCUT2D eigenvalue weighted by molar-refractivity contribution is 9.10. The fraction of sp³-hybridized carbons (Fsp3) is 0.231. The number of carbonyl (C=O) groups excluding carboxylic acids is 1. The molecule has 1 fully saturated rings. The maximum atomic E-state index is 12.2. The molecule has 2 heterocycles. The van der Waals surface area contributed by atoms with Gasteiger partial charge in [0.05, 0.1) is 13.1 Å². The molecule has 1 aliphatic heterocycles. The fourth-order valence-corrected chi connectivity index (χ4v) is 2.84. The lowest BCUT2D eigenvalue weighted by Crippen LogP contribution is -2.56. The molecule has 0 aliphatic carbocycles. The molecule has 0 saturated carbocycles. The van der Waals surface area contributed by atoms with E-state index in [1.54, 1.807) is 11.1 Å². The molecule has 6 heteroatoms. The Balaban J connectivity index is 1.57. The molecule has 0 bridgehead atoms. The first-order chi connectivity index (χ1) is 9.22. The van der Waals surface area contributed by atoms with Crippen LogP contribution in [0.15, 0.2) is 40.3 Å². The Kier molecular flexibility index (Phi) is 3.52. The maximum Gasteiger partial charge on any atom is 0.273 e. The summed E-state index contributed by atoms with van der Waals surface area (Å²) in [5.74, 6) is 0.0419. The predicted octanol–water partition coefficient (Wildman–Crippen LogP) is 2.81. The van der Waals surface area contributed by atoms with Crippen LogP contribution in [0.2, 0.25) is 0 Å². The van der Waals surface area contributed by atoms with Crippen molar-refractivity contribution in [1.82, 2.24) is 9.88 Å². The van der Waals surface area contributed by atoms with Crippen LogP contribution in [-0.2, 0) is 0 Å². The normalized spacial score (nSPS) is 15.1. The van der Waals surface area contributed by atoms with Gasteiger partial charge in [0.25, 0.3) is 11.1 Å². The molecule has 1 aromatic heterocycles. The fourth-order valence-electron chi connectivity index (χ4n) is 1.89. The number of halogens is 1. The van der Waals surface area contributed by atoms with Crippen molar-refractivity contribution in [3.8, 4) is 5.19 Å². The van der Waals surface area contributed by atoms with Crippen molar-refractivity contribution in [1.29, 1.82) is 0 Å². The van der Waals surface area contributed by atoms with Gasteiger partial charge in [-0.3, -0.25) is 4.79 Å². The van der Waals surface area contributed by atoms with Gasteiger partial charge in [0.2, 0.25) is 0 Å². The second kappa shape index (κ2) is 5.30. The van der Waals surface area contributed by atoms with Gasteiger partial charge in [-0.05, 0) is 18.2 Å². The van der Waals surface area contributed by atoms with E-state index >= 15 is 0 Å². The third-order valence-electron chi connectivity index (χ3n) is 2.88. The maximum absolute atomic E-state index is 12.2. The van der Waals surface area contributed by atoms with E-state index in [0.29, 0.717) is 23.8 Å². The SMILES string of the molecule is O=C(c1cccc(Br)c1)N1CC(Oc2nccs2)C1. The molecule has 1 aliphatic rings. The molecule has 0 spiro atoms. The van der Waals surface area contributed by atoms with Crippen LogP contribution in [0.3, 0.4) is 0 Å². The molecule has 0 unspecified atom stereocenters. The molecule has 3 rings (SSSR count). The molecule has 4 nitrogen and oxygen atoms in total. The third kappa shape index (κ3) is 2.79. The summed E-state index contributed by atoms with van der Waals surface area (Å²) in [5, 5.41) is 2.54. The Morgan fingerprint density at radius 1 is 1.47 bits per heavy atom. The number of hydrogen-bond donors (Lipinski definition) is 0. The summed E-state index contributed by atoms with van der Waals surface area (Å²) in [4.78, 5) is 18.0. The van der Waals surface area contributed by atoms with Gasteiger partial charge in [0, 0.05) is 21.6 Å². The minimum absolute atomic E-state index is 0.0419. The van der Waals surface area contributed by atoms with Crippen molar-refractivity contribution in [3.63, 3.8) is 0 Å². The van der Waals surface area contributed by atoms with Gasteiger partial charge in [-0.15, -0.1) is 0 Å². The monoisotopic (exact) mass is 338 g/mol. The summed E-state index contributed by atoms with van der Waals surface area (Å²) in [6.07, 6.45) is 1.77. The average molecular weight is 339 g/mol. The second-order valence-electron chi connectivity index (χ2n) is 4.26. The first-order valence-electron chi connectivity index (χ1n) is 5.83. The molecule has 19 heavy (non-hydrogen) atoms. The number of benzene rings is 1. The van der Waals surface area contributed by atoms with Crippen LogP contribution in [0.4, 0.5) is 0 Å². The second-order valence-corrected chi connectivity index (χ2v) is 6.03. The molecule has 0 N–H and O–H groups in total. The summed E-state index contributed by atoms with van der Waals surface area (Å²) < 4.78 is 6.55. The van der Waals surface area contributed by atoms with Crippen molar-refractivity contribution in [3.05, 3.63) is 45.9 Å². The molecule has 0 radical (unpaired) electrons. The van der Waals surface area contributed by atoms with Gasteiger partial charge < -0.3 is 9.64 Å². The smallest absolute Gasteiger partial charge is 0.273 e. The van der Waals surface area contributed by atoms with E-state index in [1.807, 2.05) is 29.6 Å². The Morgan fingerprint density at radius 3 is 3.00 bits per heavy atom. The molecule has 1 aromatic carbocycles. The van der Waals surface area contributed by atoms with Gasteiger partial charge in [-0.25, -0.2) is 4.98 Å². The molecule has 1 saturated heterocycles. The van der Waals surface area contributed by atoms with Crippen LogP contribution in [0.25, 0.3) is 0 Å². The lowest BCUT2D eigenvalue weighted by Gasteiger charge is -2.38. The van der Waals surface area contributed by atoms with Gasteiger partial charge >= 0.3 is 0 Å². The van der Waals surface area contributed by atoms with E-state index in [9.17, 15) is 4.79 Å². The first kappa shape index (κ1) is 12.6. The third-order valence-corrected chi connectivity index (χ3v) is 4.04. The Labute approximate surface area is 123 Å². The number of nitrogens with zero attached hydrogens (tertiary/aromatic N) is 2. The Bertz CT molecular complexity index is 582. The van der Waals surface area contributed by atoms with Gasteiger partial charge in [-0.1, -0.05) is 33.3 Å². The van der Waals surface area contributed by atoms with E-state index < -0.39 is 0 Å². The van der Waals surface area contributed by atoms with Crippen LogP contribution >= 0.6 is 27.3 Å². The number of likely N-dealkylation sites (tertiary alicyclic amines) is 1. The number of thiazole rings is 1. The number of ether oxygens (including phenoxy) is 1. The number of aromatic nitrogens is 1. The number of amides is 1. The number of rotatable bonds is 3.